The van der Waals surface area contributed by atoms with E-state index in [0.717, 1.165) is 31.7 Å². The van der Waals surface area contributed by atoms with E-state index in [9.17, 15) is 4.79 Å². The minimum atomic E-state index is -0.204. The highest BCUT2D eigenvalue weighted by molar-refractivity contribution is 7.80. The first-order chi connectivity index (χ1) is 11.2. The molecule has 128 valence electrons. The molecule has 0 saturated carbocycles. The molecule has 2 N–H and O–H groups in total. The number of unbranched alkanes of at least 4 members (excludes halogenated alkanes) is 4. The van der Waals surface area contributed by atoms with Crippen LogP contribution in [0.3, 0.4) is 0 Å². The summed E-state index contributed by atoms with van der Waals surface area (Å²) >= 11 is 5.05. The maximum absolute atomic E-state index is 12.0. The Morgan fingerprint density at radius 1 is 1.04 bits per heavy atom. The van der Waals surface area contributed by atoms with E-state index in [1.54, 1.807) is 12.1 Å². The molecule has 1 rings (SSSR count). The molecule has 0 aliphatic rings. The van der Waals surface area contributed by atoms with E-state index in [0.29, 0.717) is 10.7 Å². The maximum Gasteiger partial charge on any atom is 0.257 e. The first kappa shape index (κ1) is 19.4. The van der Waals surface area contributed by atoms with Crippen molar-refractivity contribution < 1.29 is 9.53 Å². The number of hydrogen-bond donors (Lipinski definition) is 2. The smallest absolute Gasteiger partial charge is 0.257 e. The van der Waals surface area contributed by atoms with Crippen molar-refractivity contribution in [2.75, 3.05) is 13.2 Å². The van der Waals surface area contributed by atoms with E-state index in [2.05, 4.69) is 17.6 Å². The number of benzene rings is 1. The van der Waals surface area contributed by atoms with Crippen molar-refractivity contribution in [2.45, 2.75) is 52.4 Å². The van der Waals surface area contributed by atoms with Gasteiger partial charge in [-0.25, -0.2) is 0 Å². The minimum Gasteiger partial charge on any atom is -0.494 e. The van der Waals surface area contributed by atoms with Crippen molar-refractivity contribution in [3.05, 3.63) is 29.8 Å². The Hall–Kier alpha value is -1.62. The van der Waals surface area contributed by atoms with Crippen LogP contribution in [0.1, 0.15) is 62.7 Å². The van der Waals surface area contributed by atoms with E-state index >= 15 is 0 Å². The average Bonchev–Trinajstić information content (AvgIpc) is 2.56. The van der Waals surface area contributed by atoms with Crippen LogP contribution in [0.25, 0.3) is 0 Å². The summed E-state index contributed by atoms with van der Waals surface area (Å²) in [5, 5.41) is 6.00. The van der Waals surface area contributed by atoms with Crippen LogP contribution in [0.4, 0.5) is 0 Å². The number of ether oxygens (including phenoxy) is 1. The molecule has 0 aliphatic heterocycles. The molecular formula is C18H28N2O2S. The molecule has 0 aliphatic carbocycles. The van der Waals surface area contributed by atoms with Crippen molar-refractivity contribution >= 4 is 23.2 Å². The van der Waals surface area contributed by atoms with Gasteiger partial charge in [-0.05, 0) is 49.3 Å². The third-order valence-corrected chi connectivity index (χ3v) is 3.64. The topological polar surface area (TPSA) is 50.4 Å². The van der Waals surface area contributed by atoms with Crippen LogP contribution in [0.15, 0.2) is 24.3 Å². The predicted molar refractivity (Wildman–Crippen MR) is 99.1 cm³/mol. The molecule has 5 heteroatoms. The first-order valence-corrected chi connectivity index (χ1v) is 8.90. The number of nitrogens with one attached hydrogen (secondary N) is 2. The quantitative estimate of drug-likeness (QED) is 0.500. The van der Waals surface area contributed by atoms with Gasteiger partial charge >= 0.3 is 0 Å². The number of hydrogen-bond acceptors (Lipinski definition) is 3. The second-order valence-corrected chi connectivity index (χ2v) is 5.91. The first-order valence-electron chi connectivity index (χ1n) is 8.49. The van der Waals surface area contributed by atoms with Gasteiger partial charge in [0.05, 0.1) is 6.61 Å². The van der Waals surface area contributed by atoms with Crippen molar-refractivity contribution in [1.82, 2.24) is 10.6 Å². The lowest BCUT2D eigenvalue weighted by Gasteiger charge is -2.09. The summed E-state index contributed by atoms with van der Waals surface area (Å²) in [5.74, 6) is 0.591. The lowest BCUT2D eigenvalue weighted by Crippen LogP contribution is -2.39. The van der Waals surface area contributed by atoms with Crippen molar-refractivity contribution in [3.8, 4) is 5.75 Å². The third-order valence-electron chi connectivity index (χ3n) is 3.40. The van der Waals surface area contributed by atoms with Gasteiger partial charge in [0.15, 0.2) is 5.11 Å². The van der Waals surface area contributed by atoms with Gasteiger partial charge in [0, 0.05) is 12.1 Å². The molecule has 0 heterocycles. The molecule has 0 unspecified atom stereocenters. The largest absolute Gasteiger partial charge is 0.494 e. The maximum atomic E-state index is 12.0. The molecule has 0 saturated heterocycles. The second-order valence-electron chi connectivity index (χ2n) is 5.50. The fourth-order valence-corrected chi connectivity index (χ4v) is 2.25. The summed E-state index contributed by atoms with van der Waals surface area (Å²) in [6.07, 6.45) is 7.04. The number of thiocarbonyl (C=S) groups is 1. The predicted octanol–water partition coefficient (Wildman–Crippen LogP) is 4.05. The van der Waals surface area contributed by atoms with Crippen LogP contribution >= 0.6 is 12.2 Å². The zero-order valence-electron chi connectivity index (χ0n) is 14.2. The van der Waals surface area contributed by atoms with Crippen LogP contribution in [-0.4, -0.2) is 24.2 Å². The van der Waals surface area contributed by atoms with E-state index in [1.165, 1.54) is 25.7 Å². The van der Waals surface area contributed by atoms with E-state index < -0.39 is 0 Å². The van der Waals surface area contributed by atoms with E-state index in [-0.39, 0.29) is 5.91 Å². The molecule has 0 spiro atoms. The molecule has 1 aromatic carbocycles. The van der Waals surface area contributed by atoms with Crippen LogP contribution in [0.5, 0.6) is 5.75 Å². The summed E-state index contributed by atoms with van der Waals surface area (Å²) in [6.45, 7) is 5.73. The van der Waals surface area contributed by atoms with Gasteiger partial charge < -0.3 is 10.1 Å². The third kappa shape index (κ3) is 8.55. The van der Waals surface area contributed by atoms with Gasteiger partial charge in [0.2, 0.25) is 0 Å². The lowest BCUT2D eigenvalue weighted by molar-refractivity contribution is 0.0976. The van der Waals surface area contributed by atoms with Gasteiger partial charge in [-0.2, -0.15) is 0 Å². The van der Waals surface area contributed by atoms with Crippen LogP contribution in [0.2, 0.25) is 0 Å². The van der Waals surface area contributed by atoms with Crippen LogP contribution < -0.4 is 15.4 Å². The summed E-state index contributed by atoms with van der Waals surface area (Å²) in [7, 11) is 0. The standard InChI is InChI=1S/C18H28N2O2S/c1-3-5-6-7-8-14-22-16-11-9-15(10-12-16)17(21)20-18(23)19-13-4-2/h9-12H,3-8,13-14H2,1-2H3,(H2,19,20,21,23). The van der Waals surface area contributed by atoms with Gasteiger partial charge in [-0.15, -0.1) is 0 Å². The zero-order chi connectivity index (χ0) is 16.9. The molecule has 0 radical (unpaired) electrons. The second kappa shape index (κ2) is 11.9. The highest BCUT2D eigenvalue weighted by atomic mass is 32.1. The molecule has 0 atom stereocenters. The summed E-state index contributed by atoms with van der Waals surface area (Å²) in [5.41, 5.74) is 0.570. The van der Waals surface area contributed by atoms with Crippen molar-refractivity contribution in [2.24, 2.45) is 0 Å². The van der Waals surface area contributed by atoms with Crippen LogP contribution in [-0.2, 0) is 0 Å². The average molecular weight is 337 g/mol. The number of carbonyl (C=O) groups is 1. The SMILES string of the molecule is CCCCCCCOc1ccc(C(=O)NC(=S)NCCC)cc1. The van der Waals surface area contributed by atoms with Crippen LogP contribution in [0, 0.1) is 0 Å². The molecule has 0 fully saturated rings. The van der Waals surface area contributed by atoms with Gasteiger partial charge in [0.25, 0.3) is 5.91 Å². The van der Waals surface area contributed by atoms with Gasteiger partial charge in [-0.3, -0.25) is 10.1 Å². The molecular weight excluding hydrogens is 308 g/mol. The molecule has 23 heavy (non-hydrogen) atoms. The molecule has 1 aromatic rings. The van der Waals surface area contributed by atoms with E-state index in [1.807, 2.05) is 19.1 Å². The zero-order valence-corrected chi connectivity index (χ0v) is 15.0. The highest BCUT2D eigenvalue weighted by Gasteiger charge is 2.07. The van der Waals surface area contributed by atoms with Crippen molar-refractivity contribution in [3.63, 3.8) is 0 Å². The number of amides is 1. The molecule has 4 nitrogen and oxygen atoms in total. The molecule has 0 aromatic heterocycles. The number of rotatable bonds is 10. The Balaban J connectivity index is 2.32. The Labute approximate surface area is 145 Å². The fraction of sp³-hybridized carbons (Fsp3) is 0.556. The van der Waals surface area contributed by atoms with Gasteiger partial charge in [-0.1, -0.05) is 39.5 Å². The lowest BCUT2D eigenvalue weighted by atomic mass is 10.2. The Morgan fingerprint density at radius 2 is 1.74 bits per heavy atom. The number of carbonyl (C=O) groups excluding carboxylic acids is 1. The van der Waals surface area contributed by atoms with Gasteiger partial charge in [0.1, 0.15) is 5.75 Å². The Kier molecular flexibility index (Phi) is 10.0. The summed E-state index contributed by atoms with van der Waals surface area (Å²) < 4.78 is 5.69. The fourth-order valence-electron chi connectivity index (χ4n) is 2.06. The Bertz CT molecular complexity index is 474. The van der Waals surface area contributed by atoms with Crippen molar-refractivity contribution in [1.29, 1.82) is 0 Å². The highest BCUT2D eigenvalue weighted by Crippen LogP contribution is 2.13. The minimum absolute atomic E-state index is 0.204. The molecule has 1 amide bonds. The normalized spacial score (nSPS) is 10.2. The monoisotopic (exact) mass is 336 g/mol. The molecule has 0 bridgehead atoms. The summed E-state index contributed by atoms with van der Waals surface area (Å²) in [4.78, 5) is 12.0. The van der Waals surface area contributed by atoms with E-state index in [4.69, 9.17) is 17.0 Å². The Morgan fingerprint density at radius 3 is 2.39 bits per heavy atom. The summed E-state index contributed by atoms with van der Waals surface area (Å²) in [6, 6.07) is 7.15.